The van der Waals surface area contributed by atoms with E-state index in [2.05, 4.69) is 101 Å². The van der Waals surface area contributed by atoms with Crippen LogP contribution in [0.4, 0.5) is 0 Å². The average molecular weight is 509 g/mol. The first-order valence-electron chi connectivity index (χ1n) is 11.6. The summed E-state index contributed by atoms with van der Waals surface area (Å²) in [6.45, 7) is 7.69. The van der Waals surface area contributed by atoms with Crippen LogP contribution in [-0.2, 0) is 4.43 Å². The molecule has 0 bridgehead atoms. The number of benzene rings is 2. The lowest BCUT2D eigenvalue weighted by atomic mass is 10.2. The number of hydrogen-bond donors (Lipinski definition) is 0. The van der Waals surface area contributed by atoms with Crippen molar-refractivity contribution in [3.05, 3.63) is 78.5 Å². The second-order valence-corrected chi connectivity index (χ2v) is 15.9. The molecule has 1 aliphatic rings. The van der Waals surface area contributed by atoms with Crippen LogP contribution in [0.3, 0.4) is 0 Å². The van der Waals surface area contributed by atoms with Gasteiger partial charge in [-0.15, -0.1) is 11.8 Å². The second-order valence-electron chi connectivity index (χ2n) is 9.75. The van der Waals surface area contributed by atoms with Crippen LogP contribution in [0.2, 0.25) is 10.2 Å². The van der Waals surface area contributed by atoms with Crippen LogP contribution < -0.4 is 10.4 Å². The third-order valence-electron chi connectivity index (χ3n) is 6.61. The quantitative estimate of drug-likeness (QED) is 0.256. The summed E-state index contributed by atoms with van der Waals surface area (Å²) in [6.07, 6.45) is 5.48. The van der Waals surface area contributed by atoms with Crippen molar-refractivity contribution in [1.29, 1.82) is 0 Å². The molecular formula is C26H29ClN4OSSi. The maximum atomic E-state index is 7.17. The lowest BCUT2D eigenvalue weighted by Crippen LogP contribution is -2.67. The van der Waals surface area contributed by atoms with Crippen LogP contribution in [0, 0.1) is 0 Å². The van der Waals surface area contributed by atoms with Crippen LogP contribution in [0.25, 0.3) is 11.2 Å². The normalized spacial score (nSPS) is 19.1. The lowest BCUT2D eigenvalue weighted by molar-refractivity contribution is 0.295. The first-order valence-corrected chi connectivity index (χ1v) is 14.9. The number of imidazole rings is 1. The van der Waals surface area contributed by atoms with E-state index in [1.54, 1.807) is 0 Å². The molecule has 2 aromatic carbocycles. The molecule has 3 heterocycles. The van der Waals surface area contributed by atoms with Crippen molar-refractivity contribution in [1.82, 2.24) is 19.5 Å². The molecule has 0 amide bonds. The maximum absolute atomic E-state index is 7.17. The molecule has 34 heavy (non-hydrogen) atoms. The Labute approximate surface area is 211 Å². The van der Waals surface area contributed by atoms with Gasteiger partial charge in [-0.3, -0.25) is 0 Å². The number of nitrogens with zero attached hydrogens (tertiary/aromatic N) is 4. The molecule has 0 saturated carbocycles. The van der Waals surface area contributed by atoms with Gasteiger partial charge in [0.2, 0.25) is 0 Å². The summed E-state index contributed by atoms with van der Waals surface area (Å²) < 4.78 is 9.30. The fraction of sp³-hybridized carbons (Fsp3) is 0.346. The first kappa shape index (κ1) is 23.5. The summed E-state index contributed by atoms with van der Waals surface area (Å²) >= 11 is 8.16. The van der Waals surface area contributed by atoms with Gasteiger partial charge in [0.25, 0.3) is 8.32 Å². The van der Waals surface area contributed by atoms with Gasteiger partial charge < -0.3 is 8.99 Å². The van der Waals surface area contributed by atoms with Gasteiger partial charge in [-0.2, -0.15) is 0 Å². The summed E-state index contributed by atoms with van der Waals surface area (Å²) in [5.74, 6) is 0. The minimum atomic E-state index is -2.53. The van der Waals surface area contributed by atoms with Gasteiger partial charge in [-0.1, -0.05) is 93.0 Å². The van der Waals surface area contributed by atoms with E-state index >= 15 is 0 Å². The molecule has 0 radical (unpaired) electrons. The number of thioether (sulfide) groups is 1. The second kappa shape index (κ2) is 9.45. The Bertz CT molecular complexity index is 1220. The number of halogens is 1. The van der Waals surface area contributed by atoms with Crippen molar-refractivity contribution < 1.29 is 4.43 Å². The Kier molecular flexibility index (Phi) is 6.55. The molecule has 176 valence electrons. The number of aromatic nitrogens is 4. The molecule has 2 atom stereocenters. The molecule has 4 aromatic rings. The van der Waals surface area contributed by atoms with E-state index < -0.39 is 8.32 Å². The van der Waals surface area contributed by atoms with Gasteiger partial charge in [-0.25, -0.2) is 15.0 Å². The van der Waals surface area contributed by atoms with Gasteiger partial charge in [0, 0.05) is 11.9 Å². The molecule has 5 nitrogen and oxygen atoms in total. The number of hydrogen-bond acceptors (Lipinski definition) is 5. The van der Waals surface area contributed by atoms with Crippen molar-refractivity contribution in [3.8, 4) is 0 Å². The van der Waals surface area contributed by atoms with Crippen molar-refractivity contribution in [2.24, 2.45) is 0 Å². The fourth-order valence-corrected chi connectivity index (χ4v) is 11.4. The van der Waals surface area contributed by atoms with E-state index in [4.69, 9.17) is 16.0 Å². The summed E-state index contributed by atoms with van der Waals surface area (Å²) in [7, 11) is -2.53. The van der Waals surface area contributed by atoms with Crippen molar-refractivity contribution in [3.63, 3.8) is 0 Å². The molecule has 0 N–H and O–H groups in total. The molecular weight excluding hydrogens is 480 g/mol. The Hall–Kier alpha value is -2.19. The summed E-state index contributed by atoms with van der Waals surface area (Å²) in [6, 6.07) is 21.7. The molecule has 2 aromatic heterocycles. The highest BCUT2D eigenvalue weighted by Gasteiger charge is 2.50. The largest absolute Gasteiger partial charge is 0.406 e. The Morgan fingerprint density at radius 2 is 1.62 bits per heavy atom. The summed E-state index contributed by atoms with van der Waals surface area (Å²) in [5.41, 5.74) is 1.46. The molecule has 0 spiro atoms. The highest BCUT2D eigenvalue weighted by atomic mass is 35.5. The number of rotatable bonds is 6. The Morgan fingerprint density at radius 3 is 2.24 bits per heavy atom. The van der Waals surface area contributed by atoms with Gasteiger partial charge >= 0.3 is 0 Å². The fourth-order valence-electron chi connectivity index (χ4n) is 5.03. The first-order chi connectivity index (χ1) is 16.4. The van der Waals surface area contributed by atoms with Gasteiger partial charge in [0.15, 0.2) is 10.8 Å². The molecule has 0 unspecified atom stereocenters. The standard InChI is InChI=1S/C26H29ClN4OSSi/c1-26(2,3)34(20-10-6-4-7-11-20,21-12-8-5-9-13-21)32-16-19-14-15-22(33-19)31-18-30-23-24(27)28-17-29-25(23)31/h4-13,17-19,22H,14-16H2,1-3H3/t19-,22-/m0/s1. The lowest BCUT2D eigenvalue weighted by Gasteiger charge is -2.43. The minimum absolute atomic E-state index is 0.0212. The third kappa shape index (κ3) is 4.19. The van der Waals surface area contributed by atoms with Crippen LogP contribution in [0.5, 0.6) is 0 Å². The predicted molar refractivity (Wildman–Crippen MR) is 144 cm³/mol. The molecule has 8 heteroatoms. The summed E-state index contributed by atoms with van der Waals surface area (Å²) in [4.78, 5) is 12.9. The van der Waals surface area contributed by atoms with Crippen LogP contribution >= 0.6 is 23.4 Å². The smallest absolute Gasteiger partial charge is 0.261 e. The SMILES string of the molecule is CC(C)(C)[Si](OC[C@@H]1CC[C@@H](n2cnc3c(Cl)ncnc32)S1)(c1ccccc1)c1ccccc1. The highest BCUT2D eigenvalue weighted by Crippen LogP contribution is 2.44. The van der Waals surface area contributed by atoms with Crippen LogP contribution in [0.15, 0.2) is 73.3 Å². The van der Waals surface area contributed by atoms with E-state index in [0.717, 1.165) is 25.1 Å². The summed E-state index contributed by atoms with van der Waals surface area (Å²) in [5, 5.41) is 3.69. The van der Waals surface area contributed by atoms with Crippen LogP contribution in [-0.4, -0.2) is 39.7 Å². The zero-order valence-corrected chi connectivity index (χ0v) is 22.3. The van der Waals surface area contributed by atoms with Crippen molar-refractivity contribution in [2.75, 3.05) is 6.61 Å². The van der Waals surface area contributed by atoms with E-state index in [0.29, 0.717) is 15.9 Å². The molecule has 1 saturated heterocycles. The van der Waals surface area contributed by atoms with Gasteiger partial charge in [0.1, 0.15) is 11.8 Å². The van der Waals surface area contributed by atoms with E-state index in [1.807, 2.05) is 18.1 Å². The van der Waals surface area contributed by atoms with Crippen molar-refractivity contribution in [2.45, 2.75) is 49.3 Å². The molecule has 0 aliphatic carbocycles. The van der Waals surface area contributed by atoms with Crippen LogP contribution in [0.1, 0.15) is 39.0 Å². The Morgan fingerprint density at radius 1 is 0.971 bits per heavy atom. The zero-order valence-electron chi connectivity index (χ0n) is 19.7. The highest BCUT2D eigenvalue weighted by molar-refractivity contribution is 8.00. The third-order valence-corrected chi connectivity index (χ3v) is 13.4. The average Bonchev–Trinajstić information content (AvgIpc) is 3.48. The maximum Gasteiger partial charge on any atom is 0.261 e. The minimum Gasteiger partial charge on any atom is -0.406 e. The molecule has 1 fully saturated rings. The van der Waals surface area contributed by atoms with E-state index in [-0.39, 0.29) is 10.4 Å². The van der Waals surface area contributed by atoms with Gasteiger partial charge in [-0.05, 0) is 28.3 Å². The van der Waals surface area contributed by atoms with Crippen molar-refractivity contribution >= 4 is 53.2 Å². The molecule has 1 aliphatic heterocycles. The Balaban J connectivity index is 1.42. The molecule has 5 rings (SSSR count). The van der Waals surface area contributed by atoms with E-state index in [1.165, 1.54) is 16.7 Å². The van der Waals surface area contributed by atoms with E-state index in [9.17, 15) is 0 Å². The predicted octanol–water partition coefficient (Wildman–Crippen LogP) is 5.45. The van der Waals surface area contributed by atoms with Gasteiger partial charge in [0.05, 0.1) is 11.7 Å². The zero-order chi connectivity index (χ0) is 23.8. The topological polar surface area (TPSA) is 52.8 Å². The monoisotopic (exact) mass is 508 g/mol. The number of fused-ring (bicyclic) bond motifs is 1.